The first-order chi connectivity index (χ1) is 14.0. The first-order valence-corrected chi connectivity index (χ1v) is 9.27. The predicted octanol–water partition coefficient (Wildman–Crippen LogP) is 2.28. The van der Waals surface area contributed by atoms with E-state index in [4.69, 9.17) is 4.74 Å². The van der Waals surface area contributed by atoms with Crippen molar-refractivity contribution in [3.63, 3.8) is 0 Å². The zero-order valence-electron chi connectivity index (χ0n) is 16.0. The van der Waals surface area contributed by atoms with Gasteiger partial charge < -0.3 is 15.0 Å². The van der Waals surface area contributed by atoms with Crippen molar-refractivity contribution in [3.8, 4) is 11.8 Å². The third-order valence-electron chi connectivity index (χ3n) is 4.86. The van der Waals surface area contributed by atoms with Crippen LogP contribution in [0.1, 0.15) is 35.3 Å². The molecule has 0 saturated carbocycles. The van der Waals surface area contributed by atoms with Crippen molar-refractivity contribution in [3.05, 3.63) is 53.1 Å². The molecule has 0 aliphatic carbocycles. The maximum atomic E-state index is 14.3. The fourth-order valence-electron chi connectivity index (χ4n) is 3.32. The van der Waals surface area contributed by atoms with Crippen LogP contribution in [0.2, 0.25) is 0 Å². The van der Waals surface area contributed by atoms with Crippen molar-refractivity contribution in [2.24, 2.45) is 0 Å². The van der Waals surface area contributed by atoms with E-state index in [0.717, 1.165) is 0 Å². The summed E-state index contributed by atoms with van der Waals surface area (Å²) in [7, 11) is 0. The van der Waals surface area contributed by atoms with Crippen LogP contribution in [0.5, 0.6) is 5.75 Å². The Morgan fingerprint density at radius 2 is 2.24 bits per heavy atom. The van der Waals surface area contributed by atoms with E-state index in [2.05, 4.69) is 15.4 Å². The molecule has 1 aliphatic heterocycles. The van der Waals surface area contributed by atoms with Gasteiger partial charge in [-0.25, -0.2) is 13.9 Å². The molecule has 1 amide bonds. The average molecular weight is 394 g/mol. The zero-order valence-corrected chi connectivity index (χ0v) is 16.0. The highest BCUT2D eigenvalue weighted by atomic mass is 19.1. The van der Waals surface area contributed by atoms with E-state index in [9.17, 15) is 14.4 Å². The van der Waals surface area contributed by atoms with Crippen LogP contribution in [0.4, 0.5) is 10.2 Å². The summed E-state index contributed by atoms with van der Waals surface area (Å²) in [5, 5.41) is 16.5. The molecule has 3 heterocycles. The summed E-state index contributed by atoms with van der Waals surface area (Å²) < 4.78 is 21.8. The van der Waals surface area contributed by atoms with E-state index in [1.807, 2.05) is 17.9 Å². The van der Waals surface area contributed by atoms with Gasteiger partial charge >= 0.3 is 0 Å². The topological polar surface area (TPSA) is 95.6 Å². The molecule has 8 nitrogen and oxygen atoms in total. The molecule has 148 valence electrons. The van der Waals surface area contributed by atoms with Gasteiger partial charge in [-0.15, -0.1) is 0 Å². The van der Waals surface area contributed by atoms with Crippen LogP contribution in [-0.2, 0) is 6.54 Å². The van der Waals surface area contributed by atoms with Crippen molar-refractivity contribution >= 4 is 17.4 Å². The van der Waals surface area contributed by atoms with Crippen LogP contribution in [-0.4, -0.2) is 39.7 Å². The molecule has 29 heavy (non-hydrogen) atoms. The normalized spacial score (nSPS) is 16.8. The Hall–Kier alpha value is -3.67. The fourth-order valence-corrected chi connectivity index (χ4v) is 3.32. The summed E-state index contributed by atoms with van der Waals surface area (Å²) in [5.41, 5.74) is 1.17. The van der Waals surface area contributed by atoms with Gasteiger partial charge in [0.05, 0.1) is 18.3 Å². The second-order valence-corrected chi connectivity index (χ2v) is 6.78. The van der Waals surface area contributed by atoms with Gasteiger partial charge in [-0.1, -0.05) is 0 Å². The Kier molecular flexibility index (Phi) is 4.76. The zero-order chi connectivity index (χ0) is 20.5. The Labute approximate surface area is 166 Å². The smallest absolute Gasteiger partial charge is 0.256 e. The third-order valence-corrected chi connectivity index (χ3v) is 4.86. The van der Waals surface area contributed by atoms with Crippen molar-refractivity contribution in [2.45, 2.75) is 26.5 Å². The Balaban J connectivity index is 1.90. The highest BCUT2D eigenvalue weighted by molar-refractivity contribution is 5.99. The minimum atomic E-state index is -0.599. The van der Waals surface area contributed by atoms with Crippen LogP contribution < -0.4 is 15.0 Å². The lowest BCUT2D eigenvalue weighted by Crippen LogP contribution is -2.33. The van der Waals surface area contributed by atoms with Crippen molar-refractivity contribution in [1.82, 2.24) is 19.9 Å². The molecular weight excluding hydrogens is 375 g/mol. The van der Waals surface area contributed by atoms with Gasteiger partial charge in [-0.05, 0) is 32.0 Å². The summed E-state index contributed by atoms with van der Waals surface area (Å²) >= 11 is 0. The maximum absolute atomic E-state index is 14.3. The van der Waals surface area contributed by atoms with Crippen molar-refractivity contribution in [1.29, 1.82) is 5.26 Å². The van der Waals surface area contributed by atoms with Crippen LogP contribution in [0, 0.1) is 17.1 Å². The molecule has 1 atom stereocenters. The minimum Gasteiger partial charge on any atom is -0.488 e. The Morgan fingerprint density at radius 1 is 1.41 bits per heavy atom. The molecule has 0 radical (unpaired) electrons. The summed E-state index contributed by atoms with van der Waals surface area (Å²) in [5.74, 6) is 0.0875. The molecule has 0 fully saturated rings. The van der Waals surface area contributed by atoms with Crippen LogP contribution in [0.3, 0.4) is 0 Å². The molecular formula is C20H19FN6O2. The van der Waals surface area contributed by atoms with E-state index in [1.165, 1.54) is 22.8 Å². The molecule has 4 rings (SSSR count). The van der Waals surface area contributed by atoms with Gasteiger partial charge in [0.25, 0.3) is 5.91 Å². The van der Waals surface area contributed by atoms with Crippen molar-refractivity contribution in [2.75, 3.05) is 18.0 Å². The molecule has 0 saturated heterocycles. The van der Waals surface area contributed by atoms with Gasteiger partial charge in [-0.3, -0.25) is 4.79 Å². The van der Waals surface area contributed by atoms with Gasteiger partial charge in [0.2, 0.25) is 0 Å². The molecule has 1 aromatic carbocycles. The third kappa shape index (κ3) is 3.33. The molecule has 9 heteroatoms. The second kappa shape index (κ2) is 7.39. The number of carbonyl (C=O) groups is 1. The number of nitriles is 1. The van der Waals surface area contributed by atoms with Gasteiger partial charge in [0.1, 0.15) is 35.1 Å². The molecule has 2 bridgehead atoms. The van der Waals surface area contributed by atoms with Crippen molar-refractivity contribution < 1.29 is 13.9 Å². The number of ether oxygens (including phenoxy) is 1. The first-order valence-electron chi connectivity index (χ1n) is 9.27. The lowest BCUT2D eigenvalue weighted by atomic mass is 10.1. The number of benzene rings is 1. The monoisotopic (exact) mass is 394 g/mol. The summed E-state index contributed by atoms with van der Waals surface area (Å²) in [6.07, 6.45) is 2.79. The Bertz CT molecular complexity index is 1140. The number of amides is 1. The summed E-state index contributed by atoms with van der Waals surface area (Å²) in [6, 6.07) is 6.45. The standard InChI is InChI=1S/C20H19FN6O2/c1-3-26-11-15-13(8-22)16(21)4-5-17(15)29-12(2)9-23-20(28)14-10-24-27-7-6-18(26)25-19(14)27/h4-7,10,12H,3,9,11H2,1-2H3,(H,23,28). The SMILES string of the molecule is CCN1Cc2c(ccc(F)c2C#N)OC(C)CNC(=O)c2cnn3ccc1nc23. The number of nitrogens with zero attached hydrogens (tertiary/aromatic N) is 5. The largest absolute Gasteiger partial charge is 0.488 e. The van der Waals surface area contributed by atoms with E-state index >= 15 is 0 Å². The van der Waals surface area contributed by atoms with Crippen LogP contribution >= 0.6 is 0 Å². The number of hydrogen-bond donors (Lipinski definition) is 1. The number of carbonyl (C=O) groups excluding carboxylic acids is 1. The van der Waals surface area contributed by atoms with E-state index in [1.54, 1.807) is 19.2 Å². The molecule has 0 spiro atoms. The number of fused-ring (bicyclic) bond motifs is 2. The number of anilines is 1. The molecule has 2 aromatic heterocycles. The van der Waals surface area contributed by atoms with Gasteiger partial charge in [0, 0.05) is 24.8 Å². The first kappa shape index (κ1) is 18.7. The fraction of sp³-hybridized carbons (Fsp3) is 0.300. The van der Waals surface area contributed by atoms with E-state index < -0.39 is 11.9 Å². The number of rotatable bonds is 1. The quantitative estimate of drug-likeness (QED) is 0.680. The Morgan fingerprint density at radius 3 is 3.00 bits per heavy atom. The van der Waals surface area contributed by atoms with Gasteiger partial charge in [-0.2, -0.15) is 10.4 Å². The van der Waals surface area contributed by atoms with E-state index in [-0.39, 0.29) is 24.6 Å². The lowest BCUT2D eigenvalue weighted by Gasteiger charge is -2.25. The van der Waals surface area contributed by atoms with Crippen LogP contribution in [0.15, 0.2) is 30.6 Å². The number of hydrogen-bond acceptors (Lipinski definition) is 6. The average Bonchev–Trinajstić information content (AvgIpc) is 3.14. The van der Waals surface area contributed by atoms with Gasteiger partial charge in [0.15, 0.2) is 5.65 Å². The number of aromatic nitrogens is 3. The predicted molar refractivity (Wildman–Crippen MR) is 103 cm³/mol. The van der Waals surface area contributed by atoms with E-state index in [0.29, 0.717) is 34.9 Å². The number of nitrogens with one attached hydrogen (secondary N) is 1. The van der Waals surface area contributed by atoms with Crippen LogP contribution in [0.25, 0.3) is 5.65 Å². The molecule has 1 unspecified atom stereocenters. The minimum absolute atomic E-state index is 0.0572. The lowest BCUT2D eigenvalue weighted by molar-refractivity contribution is 0.0933. The summed E-state index contributed by atoms with van der Waals surface area (Å²) in [6.45, 7) is 4.74. The number of halogens is 1. The maximum Gasteiger partial charge on any atom is 0.256 e. The molecule has 1 N–H and O–H groups in total. The molecule has 3 aromatic rings. The highest BCUT2D eigenvalue weighted by Crippen LogP contribution is 2.29. The highest BCUT2D eigenvalue weighted by Gasteiger charge is 2.22. The summed E-state index contributed by atoms with van der Waals surface area (Å²) in [4.78, 5) is 19.1. The molecule has 1 aliphatic rings. The second-order valence-electron chi connectivity index (χ2n) is 6.78.